The van der Waals surface area contributed by atoms with Crippen molar-refractivity contribution in [2.24, 2.45) is 0 Å². The highest BCUT2D eigenvalue weighted by Crippen LogP contribution is 2.24. The lowest BCUT2D eigenvalue weighted by molar-refractivity contribution is -0.517. The lowest BCUT2D eigenvalue weighted by Crippen LogP contribution is -2.61. The summed E-state index contributed by atoms with van der Waals surface area (Å²) in [6.07, 6.45) is 0. The first kappa shape index (κ1) is 12.4. The average Bonchev–Trinajstić information content (AvgIpc) is 2.05. The minimum absolute atomic E-state index is 0.343. The van der Waals surface area contributed by atoms with Crippen LogP contribution in [0.1, 0.15) is 27.7 Å². The lowest BCUT2D eigenvalue weighted by atomic mass is 9.98. The van der Waals surface area contributed by atoms with Crippen LogP contribution in [0.4, 0.5) is 0 Å². The van der Waals surface area contributed by atoms with Crippen molar-refractivity contribution in [3.05, 3.63) is 0 Å². The summed E-state index contributed by atoms with van der Waals surface area (Å²) in [7, 11) is 0. The van der Waals surface area contributed by atoms with E-state index in [0.717, 1.165) is 0 Å². The Morgan fingerprint density at radius 3 is 1.85 bits per heavy atom. The maximum absolute atomic E-state index is 11.7. The van der Waals surface area contributed by atoms with E-state index < -0.39 is 11.4 Å². The predicted molar refractivity (Wildman–Crippen MR) is 45.7 cm³/mol. The van der Waals surface area contributed by atoms with E-state index >= 15 is 0 Å². The fourth-order valence-electron chi connectivity index (χ4n) is 0.970. The van der Waals surface area contributed by atoms with Crippen LogP contribution in [0.5, 0.6) is 0 Å². The van der Waals surface area contributed by atoms with Crippen LogP contribution in [-0.4, -0.2) is 24.6 Å². The number of ether oxygens (including phenoxy) is 2. The van der Waals surface area contributed by atoms with Crippen LogP contribution in [0.3, 0.4) is 0 Å². The SMILES string of the molecule is CCOC(C)(OCC)[C@@](C)([O-])C#N. The van der Waals surface area contributed by atoms with E-state index in [2.05, 4.69) is 0 Å². The van der Waals surface area contributed by atoms with Gasteiger partial charge in [-0.25, -0.2) is 0 Å². The Kier molecular flexibility index (Phi) is 4.34. The predicted octanol–water partition coefficient (Wildman–Crippen LogP) is 0.418. The molecule has 0 aliphatic heterocycles. The maximum atomic E-state index is 11.7. The zero-order valence-corrected chi connectivity index (χ0v) is 8.59. The normalized spacial score (nSPS) is 16.3. The van der Waals surface area contributed by atoms with Crippen molar-refractivity contribution in [3.63, 3.8) is 0 Å². The Hall–Kier alpha value is -0.630. The molecule has 0 aliphatic rings. The van der Waals surface area contributed by atoms with Gasteiger partial charge in [0, 0.05) is 18.8 Å². The van der Waals surface area contributed by atoms with Gasteiger partial charge in [0.2, 0.25) is 0 Å². The summed E-state index contributed by atoms with van der Waals surface area (Å²) >= 11 is 0. The smallest absolute Gasteiger partial charge is 0.168 e. The molecule has 0 amide bonds. The summed E-state index contributed by atoms with van der Waals surface area (Å²) in [5.41, 5.74) is -1.89. The average molecular weight is 186 g/mol. The van der Waals surface area contributed by atoms with Crippen LogP contribution in [0.25, 0.3) is 0 Å². The molecule has 0 radical (unpaired) electrons. The van der Waals surface area contributed by atoms with Crippen LogP contribution in [0.2, 0.25) is 0 Å². The second-order valence-corrected chi connectivity index (χ2v) is 2.96. The molecule has 0 aliphatic carbocycles. The van der Waals surface area contributed by atoms with Crippen LogP contribution in [0, 0.1) is 11.3 Å². The molecular weight excluding hydrogens is 170 g/mol. The molecule has 13 heavy (non-hydrogen) atoms. The van der Waals surface area contributed by atoms with Crippen molar-refractivity contribution in [1.82, 2.24) is 0 Å². The van der Waals surface area contributed by atoms with Gasteiger partial charge in [-0.15, -0.1) is 0 Å². The van der Waals surface area contributed by atoms with E-state index in [0.29, 0.717) is 13.2 Å². The molecule has 0 fully saturated rings. The molecule has 0 unspecified atom stereocenters. The molecule has 0 rings (SSSR count). The molecule has 0 aromatic heterocycles. The minimum Gasteiger partial charge on any atom is -0.835 e. The van der Waals surface area contributed by atoms with Crippen LogP contribution in [0.15, 0.2) is 0 Å². The lowest BCUT2D eigenvalue weighted by Gasteiger charge is -2.45. The summed E-state index contributed by atoms with van der Waals surface area (Å²) in [6, 6.07) is 1.65. The standard InChI is InChI=1S/C9H16NO3/c1-5-12-9(4,13-6-2)8(3,11)7-10/h5-6H2,1-4H3/q-1/t8-/m0/s1. The molecule has 0 saturated heterocycles. The zero-order valence-electron chi connectivity index (χ0n) is 8.59. The van der Waals surface area contributed by atoms with Crippen LogP contribution >= 0.6 is 0 Å². The van der Waals surface area contributed by atoms with Crippen molar-refractivity contribution in [1.29, 1.82) is 5.26 Å². The van der Waals surface area contributed by atoms with Crippen LogP contribution < -0.4 is 5.11 Å². The van der Waals surface area contributed by atoms with E-state index in [1.807, 2.05) is 0 Å². The first-order valence-corrected chi connectivity index (χ1v) is 4.33. The molecular formula is C9H16NO3-. The Labute approximate surface area is 79.1 Å². The molecule has 0 aromatic rings. The van der Waals surface area contributed by atoms with Crippen LogP contribution in [-0.2, 0) is 9.47 Å². The molecule has 1 atom stereocenters. The number of hydrogen-bond donors (Lipinski definition) is 0. The summed E-state index contributed by atoms with van der Waals surface area (Å²) in [4.78, 5) is 0. The minimum atomic E-state index is -1.89. The second kappa shape index (κ2) is 4.56. The quantitative estimate of drug-likeness (QED) is 0.583. The van der Waals surface area contributed by atoms with Crippen molar-refractivity contribution < 1.29 is 14.6 Å². The van der Waals surface area contributed by atoms with Gasteiger partial charge in [0.05, 0.1) is 6.07 Å². The van der Waals surface area contributed by atoms with Gasteiger partial charge in [0.25, 0.3) is 0 Å². The van der Waals surface area contributed by atoms with Gasteiger partial charge in [-0.05, 0) is 20.8 Å². The number of nitrogens with zero attached hydrogens (tertiary/aromatic N) is 1. The van der Waals surface area contributed by atoms with Crippen molar-refractivity contribution >= 4 is 0 Å². The Balaban J connectivity index is 4.68. The maximum Gasteiger partial charge on any atom is 0.168 e. The van der Waals surface area contributed by atoms with Gasteiger partial charge in [-0.3, -0.25) is 0 Å². The molecule has 4 nitrogen and oxygen atoms in total. The molecule has 0 heterocycles. The number of hydrogen-bond acceptors (Lipinski definition) is 4. The third kappa shape index (κ3) is 2.66. The topological polar surface area (TPSA) is 65.3 Å². The highest BCUT2D eigenvalue weighted by molar-refractivity contribution is 5.04. The summed E-state index contributed by atoms with van der Waals surface area (Å²) in [5, 5.41) is 20.3. The van der Waals surface area contributed by atoms with Gasteiger partial charge in [0.15, 0.2) is 5.79 Å². The Bertz CT molecular complexity index is 190. The highest BCUT2D eigenvalue weighted by Gasteiger charge is 2.37. The molecule has 0 aromatic carbocycles. The second-order valence-electron chi connectivity index (χ2n) is 2.96. The molecule has 0 spiro atoms. The van der Waals surface area contributed by atoms with Crippen molar-refractivity contribution in [3.8, 4) is 6.07 Å². The molecule has 0 bridgehead atoms. The largest absolute Gasteiger partial charge is 0.835 e. The van der Waals surface area contributed by atoms with Gasteiger partial charge >= 0.3 is 0 Å². The van der Waals surface area contributed by atoms with E-state index in [1.54, 1.807) is 19.9 Å². The zero-order chi connectivity index (χ0) is 10.5. The van der Waals surface area contributed by atoms with Crippen molar-refractivity contribution in [2.45, 2.75) is 39.1 Å². The molecule has 76 valence electrons. The van der Waals surface area contributed by atoms with E-state index in [4.69, 9.17) is 14.7 Å². The van der Waals surface area contributed by atoms with Gasteiger partial charge < -0.3 is 14.6 Å². The van der Waals surface area contributed by atoms with E-state index in [9.17, 15) is 5.11 Å². The number of nitriles is 1. The third-order valence-corrected chi connectivity index (χ3v) is 1.92. The summed E-state index contributed by atoms with van der Waals surface area (Å²) in [5.74, 6) is -1.37. The first-order valence-electron chi connectivity index (χ1n) is 4.33. The molecule has 4 heteroatoms. The highest BCUT2D eigenvalue weighted by atomic mass is 16.7. The van der Waals surface area contributed by atoms with E-state index in [-0.39, 0.29) is 0 Å². The Morgan fingerprint density at radius 2 is 1.62 bits per heavy atom. The Morgan fingerprint density at radius 1 is 1.23 bits per heavy atom. The summed E-state index contributed by atoms with van der Waals surface area (Å²) < 4.78 is 10.3. The van der Waals surface area contributed by atoms with Gasteiger partial charge in [-0.2, -0.15) is 5.26 Å². The van der Waals surface area contributed by atoms with Gasteiger partial charge in [-0.1, -0.05) is 6.92 Å². The summed E-state index contributed by atoms with van der Waals surface area (Å²) in [6.45, 7) is 6.95. The fraction of sp³-hybridized carbons (Fsp3) is 0.889. The fourth-order valence-corrected chi connectivity index (χ4v) is 0.970. The monoisotopic (exact) mass is 186 g/mol. The number of rotatable bonds is 5. The molecule has 0 saturated carbocycles. The molecule has 0 N–H and O–H groups in total. The third-order valence-electron chi connectivity index (χ3n) is 1.92. The van der Waals surface area contributed by atoms with E-state index in [1.165, 1.54) is 13.8 Å². The first-order chi connectivity index (χ1) is 5.93. The van der Waals surface area contributed by atoms with Gasteiger partial charge in [0.1, 0.15) is 0 Å². The van der Waals surface area contributed by atoms with Crippen molar-refractivity contribution in [2.75, 3.05) is 13.2 Å².